The Morgan fingerprint density at radius 2 is 0.548 bits per heavy atom. The van der Waals surface area contributed by atoms with Crippen LogP contribution in [-0.4, -0.2) is 60.1 Å². The van der Waals surface area contributed by atoms with Crippen molar-refractivity contribution in [1.82, 2.24) is 0 Å². The Balaban J connectivity index is 6.37. The third-order valence-corrected chi connectivity index (χ3v) is 3.91. The molecule has 0 aliphatic heterocycles. The molecular formula is C12H8F18O. The number of ether oxygens (including phenoxy) is 1. The van der Waals surface area contributed by atoms with E-state index in [9.17, 15) is 79.0 Å². The largest absolute Gasteiger partial charge is 0.437 e. The van der Waals surface area contributed by atoms with Gasteiger partial charge in [0.05, 0.1) is 0 Å². The zero-order valence-corrected chi connectivity index (χ0v) is 14.4. The first kappa shape index (κ1) is 29.7. The van der Waals surface area contributed by atoms with Crippen LogP contribution in [0.5, 0.6) is 0 Å². The number of alkyl halides is 18. The molecule has 0 aliphatic rings. The van der Waals surface area contributed by atoms with E-state index in [1.54, 1.807) is 0 Å². The highest BCUT2D eigenvalue weighted by Gasteiger charge is 2.87. The highest BCUT2D eigenvalue weighted by molar-refractivity contribution is 5.10. The highest BCUT2D eigenvalue weighted by atomic mass is 19.4. The molecule has 0 saturated heterocycles. The molecule has 0 amide bonds. The molecule has 0 rings (SSSR count). The zero-order valence-electron chi connectivity index (χ0n) is 14.4. The van der Waals surface area contributed by atoms with Gasteiger partial charge in [-0.25, -0.2) is 8.78 Å². The molecule has 31 heavy (non-hydrogen) atoms. The topological polar surface area (TPSA) is 9.23 Å². The highest BCUT2D eigenvalue weighted by Crippen LogP contribution is 2.58. The number of rotatable bonds is 6. The predicted octanol–water partition coefficient (Wildman–Crippen LogP) is 6.72. The van der Waals surface area contributed by atoms with E-state index < -0.39 is 73.9 Å². The van der Waals surface area contributed by atoms with Gasteiger partial charge in [0.25, 0.3) is 0 Å². The summed E-state index contributed by atoms with van der Waals surface area (Å²) >= 11 is 0. The summed E-state index contributed by atoms with van der Waals surface area (Å²) < 4.78 is 233. The SMILES string of the molecule is CC(OC(C)C(F)(F)C(F)(C(F)(F)F)C(F)(F)F)C(F)(F)C(F)(C(F)(F)F)C(F)(F)F. The van der Waals surface area contributed by atoms with Crippen LogP contribution in [0.4, 0.5) is 79.0 Å². The van der Waals surface area contributed by atoms with Crippen LogP contribution >= 0.6 is 0 Å². The van der Waals surface area contributed by atoms with Crippen molar-refractivity contribution in [3.8, 4) is 0 Å². The second-order valence-corrected chi connectivity index (χ2v) is 5.97. The molecule has 0 aromatic carbocycles. The maximum atomic E-state index is 13.6. The lowest BCUT2D eigenvalue weighted by Crippen LogP contribution is -2.70. The van der Waals surface area contributed by atoms with Gasteiger partial charge in [-0.1, -0.05) is 0 Å². The fourth-order valence-electron chi connectivity index (χ4n) is 2.11. The predicted molar refractivity (Wildman–Crippen MR) is 61.8 cm³/mol. The van der Waals surface area contributed by atoms with Gasteiger partial charge in [-0.3, -0.25) is 0 Å². The van der Waals surface area contributed by atoms with Crippen LogP contribution in [-0.2, 0) is 4.74 Å². The molecule has 188 valence electrons. The summed E-state index contributed by atoms with van der Waals surface area (Å²) in [7, 11) is 0. The fourth-order valence-corrected chi connectivity index (χ4v) is 2.11. The van der Waals surface area contributed by atoms with Gasteiger partial charge in [0.2, 0.25) is 0 Å². The minimum absolute atomic E-state index is 0.695. The Morgan fingerprint density at radius 1 is 0.387 bits per heavy atom. The molecule has 0 aliphatic carbocycles. The molecule has 0 aromatic rings. The molecule has 0 aromatic heterocycles. The summed E-state index contributed by atoms with van der Waals surface area (Å²) in [6.45, 7) is -1.39. The van der Waals surface area contributed by atoms with Gasteiger partial charge in [-0.05, 0) is 13.8 Å². The lowest BCUT2D eigenvalue weighted by Gasteiger charge is -2.42. The normalized spacial score (nSPS) is 18.2. The van der Waals surface area contributed by atoms with Crippen molar-refractivity contribution in [2.75, 3.05) is 0 Å². The van der Waals surface area contributed by atoms with Gasteiger partial charge in [-0.15, -0.1) is 0 Å². The first-order valence-electron chi connectivity index (χ1n) is 7.11. The molecule has 0 spiro atoms. The van der Waals surface area contributed by atoms with E-state index in [1.807, 2.05) is 0 Å². The number of halogens is 18. The van der Waals surface area contributed by atoms with E-state index in [2.05, 4.69) is 4.74 Å². The van der Waals surface area contributed by atoms with E-state index in [0.29, 0.717) is 0 Å². The molecule has 0 N–H and O–H groups in total. The number of hydrogen-bond donors (Lipinski definition) is 0. The minimum atomic E-state index is -7.54. The lowest BCUT2D eigenvalue weighted by molar-refractivity contribution is -0.424. The average Bonchev–Trinajstić information content (AvgIpc) is 2.48. The van der Waals surface area contributed by atoms with Gasteiger partial charge >= 0.3 is 47.9 Å². The Morgan fingerprint density at radius 3 is 0.677 bits per heavy atom. The van der Waals surface area contributed by atoms with Crippen LogP contribution < -0.4 is 0 Å². The van der Waals surface area contributed by atoms with E-state index in [4.69, 9.17) is 0 Å². The molecule has 0 radical (unpaired) electrons. The van der Waals surface area contributed by atoms with Crippen LogP contribution in [0.1, 0.15) is 13.8 Å². The van der Waals surface area contributed by atoms with Crippen LogP contribution in [0.15, 0.2) is 0 Å². The molecule has 19 heteroatoms. The number of hydrogen-bond acceptors (Lipinski definition) is 1. The molecule has 2 unspecified atom stereocenters. The van der Waals surface area contributed by atoms with Crippen LogP contribution in [0.2, 0.25) is 0 Å². The quantitative estimate of drug-likeness (QED) is 0.361. The van der Waals surface area contributed by atoms with Crippen LogP contribution in [0, 0.1) is 0 Å². The van der Waals surface area contributed by atoms with E-state index >= 15 is 0 Å². The summed E-state index contributed by atoms with van der Waals surface area (Å²) in [5, 5.41) is 0. The minimum Gasteiger partial charge on any atom is -0.363 e. The molecule has 0 saturated carbocycles. The first-order valence-corrected chi connectivity index (χ1v) is 7.11. The summed E-state index contributed by atoms with van der Waals surface area (Å²) in [6, 6.07) is 0. The van der Waals surface area contributed by atoms with Crippen molar-refractivity contribution < 1.29 is 83.8 Å². The van der Waals surface area contributed by atoms with Crippen molar-refractivity contribution in [1.29, 1.82) is 0 Å². The maximum absolute atomic E-state index is 13.6. The van der Waals surface area contributed by atoms with Gasteiger partial charge in [0.1, 0.15) is 12.2 Å². The Hall–Kier alpha value is -1.30. The third kappa shape index (κ3) is 4.34. The molecule has 0 heterocycles. The van der Waals surface area contributed by atoms with E-state index in [0.717, 1.165) is 0 Å². The summed E-state index contributed by atoms with van der Waals surface area (Å²) in [5.74, 6) is -13.9. The average molecular weight is 510 g/mol. The van der Waals surface area contributed by atoms with Crippen molar-refractivity contribution in [3.05, 3.63) is 0 Å². The summed E-state index contributed by atoms with van der Waals surface area (Å²) in [6.07, 6.45) is -38.8. The third-order valence-electron chi connectivity index (χ3n) is 3.91. The van der Waals surface area contributed by atoms with E-state index in [-0.39, 0.29) is 0 Å². The Bertz CT molecular complexity index is 539. The monoisotopic (exact) mass is 510 g/mol. The molecule has 1 nitrogen and oxygen atoms in total. The van der Waals surface area contributed by atoms with Crippen molar-refractivity contribution in [2.24, 2.45) is 0 Å². The molecular weight excluding hydrogens is 502 g/mol. The second-order valence-electron chi connectivity index (χ2n) is 5.97. The standard InChI is InChI=1S/C12H8F18O/c1-3(5(13,14)7(17,9(19,20)21)10(22,23)24)31-4(2)6(15,16)8(18,11(25,26)27)12(28,29)30/h3-4H,1-2H3. The van der Waals surface area contributed by atoms with Gasteiger partial charge in [-0.2, -0.15) is 70.2 Å². The smallest absolute Gasteiger partial charge is 0.363 e. The van der Waals surface area contributed by atoms with Crippen LogP contribution in [0.3, 0.4) is 0 Å². The lowest BCUT2D eigenvalue weighted by atomic mass is 9.90. The molecule has 0 bridgehead atoms. The van der Waals surface area contributed by atoms with E-state index in [1.165, 1.54) is 0 Å². The Labute approximate surface area is 159 Å². The van der Waals surface area contributed by atoms with Gasteiger partial charge in [0.15, 0.2) is 0 Å². The second kappa shape index (κ2) is 7.64. The summed E-state index contributed by atoms with van der Waals surface area (Å²) in [5.41, 5.74) is -15.1. The first-order chi connectivity index (χ1) is 13.0. The van der Waals surface area contributed by atoms with Crippen molar-refractivity contribution in [2.45, 2.75) is 73.9 Å². The van der Waals surface area contributed by atoms with Crippen molar-refractivity contribution in [3.63, 3.8) is 0 Å². The van der Waals surface area contributed by atoms with Crippen molar-refractivity contribution >= 4 is 0 Å². The summed E-state index contributed by atoms with van der Waals surface area (Å²) in [4.78, 5) is 0. The maximum Gasteiger partial charge on any atom is 0.437 e. The molecule has 2 atom stereocenters. The van der Waals surface area contributed by atoms with Crippen LogP contribution in [0.25, 0.3) is 0 Å². The fraction of sp³-hybridized carbons (Fsp3) is 1.00. The Kier molecular flexibility index (Phi) is 7.32. The zero-order chi connectivity index (χ0) is 25.9. The van der Waals surface area contributed by atoms with Gasteiger partial charge < -0.3 is 4.74 Å². The van der Waals surface area contributed by atoms with Gasteiger partial charge in [0, 0.05) is 0 Å². The molecule has 0 fully saturated rings.